The molecule has 0 spiro atoms. The molecule has 0 aliphatic carbocycles. The van der Waals surface area contributed by atoms with Gasteiger partial charge in [-0.25, -0.2) is 4.79 Å². The predicted molar refractivity (Wildman–Crippen MR) is 96.1 cm³/mol. The van der Waals surface area contributed by atoms with Gasteiger partial charge in [0.25, 0.3) is 5.91 Å². The van der Waals surface area contributed by atoms with E-state index in [1.165, 1.54) is 37.3 Å². The maximum atomic E-state index is 13.0. The van der Waals surface area contributed by atoms with Gasteiger partial charge in [0.1, 0.15) is 0 Å². The first-order valence-electron chi connectivity index (χ1n) is 7.77. The van der Waals surface area contributed by atoms with Crippen molar-refractivity contribution in [3.05, 3.63) is 58.6 Å². The fourth-order valence-corrected chi connectivity index (χ4v) is 2.33. The summed E-state index contributed by atoms with van der Waals surface area (Å²) in [7, 11) is 0. The van der Waals surface area contributed by atoms with Crippen molar-refractivity contribution in [1.29, 1.82) is 0 Å². The molecular formula is C18H14ClF3N2O4. The first-order valence-corrected chi connectivity index (χ1v) is 8.15. The van der Waals surface area contributed by atoms with Crippen molar-refractivity contribution < 1.29 is 32.3 Å². The van der Waals surface area contributed by atoms with Crippen LogP contribution in [-0.2, 0) is 20.5 Å². The zero-order valence-corrected chi connectivity index (χ0v) is 15.1. The average Bonchev–Trinajstić information content (AvgIpc) is 2.60. The van der Waals surface area contributed by atoms with Crippen LogP contribution in [-0.4, -0.2) is 24.4 Å². The van der Waals surface area contributed by atoms with Gasteiger partial charge < -0.3 is 15.4 Å². The Morgan fingerprint density at radius 3 is 2.25 bits per heavy atom. The summed E-state index contributed by atoms with van der Waals surface area (Å²) in [5, 5.41) is 4.41. The normalized spacial score (nSPS) is 10.9. The number of hydrogen-bond acceptors (Lipinski definition) is 4. The van der Waals surface area contributed by atoms with E-state index < -0.39 is 35.9 Å². The summed E-state index contributed by atoms with van der Waals surface area (Å²) in [6, 6.07) is 8.53. The Hall–Kier alpha value is -3.07. The van der Waals surface area contributed by atoms with Crippen LogP contribution < -0.4 is 10.6 Å². The molecule has 2 aromatic carbocycles. The second-order valence-corrected chi connectivity index (χ2v) is 6.01. The molecule has 148 valence electrons. The zero-order chi connectivity index (χ0) is 20.9. The summed E-state index contributed by atoms with van der Waals surface area (Å²) in [5.41, 5.74) is -1.06. The van der Waals surface area contributed by atoms with E-state index in [1.54, 1.807) is 0 Å². The number of amides is 2. The number of halogens is 4. The first kappa shape index (κ1) is 21.2. The minimum Gasteiger partial charge on any atom is -0.452 e. The molecule has 28 heavy (non-hydrogen) atoms. The lowest BCUT2D eigenvalue weighted by Gasteiger charge is -2.14. The molecule has 0 atom stereocenters. The van der Waals surface area contributed by atoms with Gasteiger partial charge in [-0.1, -0.05) is 11.6 Å². The molecule has 2 rings (SSSR count). The zero-order valence-electron chi connectivity index (χ0n) is 14.4. The summed E-state index contributed by atoms with van der Waals surface area (Å²) in [6.45, 7) is 0.540. The van der Waals surface area contributed by atoms with E-state index in [1.807, 2.05) is 5.32 Å². The van der Waals surface area contributed by atoms with Gasteiger partial charge in [-0.05, 0) is 42.5 Å². The number of benzene rings is 2. The predicted octanol–water partition coefficient (Wildman–Crippen LogP) is 4.11. The van der Waals surface area contributed by atoms with Gasteiger partial charge in [0.15, 0.2) is 6.61 Å². The molecule has 0 bridgehead atoms. The monoisotopic (exact) mass is 414 g/mol. The van der Waals surface area contributed by atoms with Crippen LogP contribution in [0.1, 0.15) is 22.8 Å². The van der Waals surface area contributed by atoms with Crippen LogP contribution in [0.4, 0.5) is 24.5 Å². The Labute approximate surface area is 162 Å². The van der Waals surface area contributed by atoms with E-state index in [0.29, 0.717) is 11.8 Å². The standard InChI is InChI=1S/C18H14ClF3N2O4/c1-10(25)23-13-5-2-11(3-6-13)17(27)28-9-16(26)24-15-7-4-12(19)8-14(15)18(20,21)22/h2-8H,9H2,1H3,(H,23,25)(H,24,26). The number of carbonyl (C=O) groups is 3. The van der Waals surface area contributed by atoms with Crippen molar-refractivity contribution in [2.75, 3.05) is 17.2 Å². The van der Waals surface area contributed by atoms with Crippen LogP contribution in [0.5, 0.6) is 0 Å². The van der Waals surface area contributed by atoms with Crippen molar-refractivity contribution in [1.82, 2.24) is 0 Å². The molecule has 10 heteroatoms. The molecule has 0 saturated heterocycles. The molecule has 2 N–H and O–H groups in total. The third-order valence-electron chi connectivity index (χ3n) is 3.34. The SMILES string of the molecule is CC(=O)Nc1ccc(C(=O)OCC(=O)Nc2ccc(Cl)cc2C(F)(F)F)cc1. The Morgan fingerprint density at radius 2 is 1.68 bits per heavy atom. The maximum absolute atomic E-state index is 13.0. The number of nitrogens with one attached hydrogen (secondary N) is 2. The van der Waals surface area contributed by atoms with Crippen molar-refractivity contribution in [2.24, 2.45) is 0 Å². The maximum Gasteiger partial charge on any atom is 0.418 e. The topological polar surface area (TPSA) is 84.5 Å². The Morgan fingerprint density at radius 1 is 1.04 bits per heavy atom. The highest BCUT2D eigenvalue weighted by Gasteiger charge is 2.34. The number of rotatable bonds is 5. The van der Waals surface area contributed by atoms with Gasteiger partial charge in [-0.2, -0.15) is 13.2 Å². The molecule has 0 aliphatic rings. The third-order valence-corrected chi connectivity index (χ3v) is 3.57. The van der Waals surface area contributed by atoms with E-state index in [9.17, 15) is 27.6 Å². The molecule has 0 aromatic heterocycles. The second kappa shape index (κ2) is 8.75. The van der Waals surface area contributed by atoms with Crippen LogP contribution in [0.2, 0.25) is 5.02 Å². The summed E-state index contributed by atoms with van der Waals surface area (Å²) >= 11 is 5.56. The third kappa shape index (κ3) is 5.98. The second-order valence-electron chi connectivity index (χ2n) is 5.57. The molecule has 0 radical (unpaired) electrons. The van der Waals surface area contributed by atoms with E-state index in [4.69, 9.17) is 16.3 Å². The molecular weight excluding hydrogens is 401 g/mol. The number of hydrogen-bond donors (Lipinski definition) is 2. The van der Waals surface area contributed by atoms with Crippen molar-refractivity contribution in [3.63, 3.8) is 0 Å². The Bertz CT molecular complexity index is 899. The van der Waals surface area contributed by atoms with Gasteiger partial charge in [-0.15, -0.1) is 0 Å². The minimum absolute atomic E-state index is 0.101. The molecule has 0 fully saturated rings. The van der Waals surface area contributed by atoms with Crippen LogP contribution in [0.25, 0.3) is 0 Å². The smallest absolute Gasteiger partial charge is 0.418 e. The number of ether oxygens (including phenoxy) is 1. The number of carbonyl (C=O) groups excluding carboxylic acids is 3. The lowest BCUT2D eigenvalue weighted by Crippen LogP contribution is -2.22. The fraction of sp³-hybridized carbons (Fsp3) is 0.167. The number of esters is 1. The van der Waals surface area contributed by atoms with E-state index in [-0.39, 0.29) is 16.5 Å². The van der Waals surface area contributed by atoms with Gasteiger partial charge in [0.2, 0.25) is 5.91 Å². The largest absolute Gasteiger partial charge is 0.452 e. The lowest BCUT2D eigenvalue weighted by atomic mass is 10.1. The Balaban J connectivity index is 1.97. The molecule has 0 heterocycles. The molecule has 0 saturated carbocycles. The van der Waals surface area contributed by atoms with Gasteiger partial charge in [0, 0.05) is 17.6 Å². The lowest BCUT2D eigenvalue weighted by molar-refractivity contribution is -0.137. The highest BCUT2D eigenvalue weighted by Crippen LogP contribution is 2.36. The van der Waals surface area contributed by atoms with Crippen molar-refractivity contribution in [3.8, 4) is 0 Å². The molecule has 0 unspecified atom stereocenters. The highest BCUT2D eigenvalue weighted by atomic mass is 35.5. The summed E-state index contributed by atoms with van der Waals surface area (Å²) < 4.78 is 43.8. The molecule has 2 aromatic rings. The molecule has 6 nitrogen and oxygen atoms in total. The first-order chi connectivity index (χ1) is 13.1. The van der Waals surface area contributed by atoms with Crippen LogP contribution >= 0.6 is 11.6 Å². The van der Waals surface area contributed by atoms with E-state index >= 15 is 0 Å². The van der Waals surface area contributed by atoms with Crippen molar-refractivity contribution >= 4 is 40.8 Å². The van der Waals surface area contributed by atoms with Crippen LogP contribution in [0.3, 0.4) is 0 Å². The van der Waals surface area contributed by atoms with Crippen LogP contribution in [0, 0.1) is 0 Å². The summed E-state index contributed by atoms with van der Waals surface area (Å²) in [5.74, 6) is -2.08. The van der Waals surface area contributed by atoms with Crippen LogP contribution in [0.15, 0.2) is 42.5 Å². The molecule has 0 aliphatic heterocycles. The number of alkyl halides is 3. The van der Waals surface area contributed by atoms with Gasteiger partial charge in [0.05, 0.1) is 16.8 Å². The van der Waals surface area contributed by atoms with E-state index in [0.717, 1.165) is 6.07 Å². The highest BCUT2D eigenvalue weighted by molar-refractivity contribution is 6.30. The summed E-state index contributed by atoms with van der Waals surface area (Å²) in [6.07, 6.45) is -4.72. The van der Waals surface area contributed by atoms with Gasteiger partial charge >= 0.3 is 12.1 Å². The van der Waals surface area contributed by atoms with E-state index in [2.05, 4.69) is 5.32 Å². The molecule has 2 amide bonds. The Kier molecular flexibility index (Phi) is 6.63. The minimum atomic E-state index is -4.72. The summed E-state index contributed by atoms with van der Waals surface area (Å²) in [4.78, 5) is 34.7. The fourth-order valence-electron chi connectivity index (χ4n) is 2.15. The average molecular weight is 415 g/mol. The quantitative estimate of drug-likeness (QED) is 0.721. The number of anilines is 2. The van der Waals surface area contributed by atoms with Crippen molar-refractivity contribution in [2.45, 2.75) is 13.1 Å². The van der Waals surface area contributed by atoms with Gasteiger partial charge in [-0.3, -0.25) is 9.59 Å².